The summed E-state index contributed by atoms with van der Waals surface area (Å²) in [7, 11) is 1.75. The lowest BCUT2D eigenvalue weighted by Gasteiger charge is -2.20. The molecular formula is C12H24O2. The van der Waals surface area contributed by atoms with E-state index in [4.69, 9.17) is 9.47 Å². The Morgan fingerprint density at radius 2 is 1.57 bits per heavy atom. The zero-order chi connectivity index (χ0) is 10.1. The second-order valence-corrected chi connectivity index (χ2v) is 4.18. The van der Waals surface area contributed by atoms with Gasteiger partial charge in [0.05, 0.1) is 6.10 Å². The van der Waals surface area contributed by atoms with Gasteiger partial charge in [0.1, 0.15) is 0 Å². The number of rotatable bonds is 5. The van der Waals surface area contributed by atoms with Crippen LogP contribution < -0.4 is 0 Å². The van der Waals surface area contributed by atoms with Crippen molar-refractivity contribution in [2.75, 3.05) is 20.3 Å². The van der Waals surface area contributed by atoms with Crippen molar-refractivity contribution in [3.8, 4) is 0 Å². The molecule has 2 heteroatoms. The summed E-state index contributed by atoms with van der Waals surface area (Å²) in [6.45, 7) is 1.70. The minimum absolute atomic E-state index is 0.534. The normalized spacial score (nSPS) is 20.4. The van der Waals surface area contributed by atoms with Crippen LogP contribution in [0.4, 0.5) is 0 Å². The smallest absolute Gasteiger partial charge is 0.0575 e. The summed E-state index contributed by atoms with van der Waals surface area (Å²) in [6.07, 6.45) is 11.1. The summed E-state index contributed by atoms with van der Waals surface area (Å²) in [6, 6.07) is 0. The van der Waals surface area contributed by atoms with E-state index in [1.54, 1.807) is 7.11 Å². The largest absolute Gasteiger partial charge is 0.385 e. The highest BCUT2D eigenvalue weighted by Gasteiger charge is 2.10. The maximum absolute atomic E-state index is 5.84. The molecule has 1 rings (SSSR count). The molecule has 1 saturated carbocycles. The van der Waals surface area contributed by atoms with E-state index in [-0.39, 0.29) is 0 Å². The summed E-state index contributed by atoms with van der Waals surface area (Å²) in [5.74, 6) is 0. The third-order valence-electron chi connectivity index (χ3n) is 2.90. The lowest BCUT2D eigenvalue weighted by Crippen LogP contribution is -2.15. The van der Waals surface area contributed by atoms with E-state index < -0.39 is 0 Å². The van der Waals surface area contributed by atoms with Gasteiger partial charge in [-0.15, -0.1) is 0 Å². The molecule has 84 valence electrons. The van der Waals surface area contributed by atoms with Crippen LogP contribution in [0.5, 0.6) is 0 Å². The van der Waals surface area contributed by atoms with Crippen molar-refractivity contribution >= 4 is 0 Å². The first-order valence-electron chi connectivity index (χ1n) is 6.04. The molecule has 0 radical (unpaired) electrons. The molecule has 0 spiro atoms. The first-order valence-corrected chi connectivity index (χ1v) is 6.04. The van der Waals surface area contributed by atoms with E-state index in [9.17, 15) is 0 Å². The maximum Gasteiger partial charge on any atom is 0.0575 e. The summed E-state index contributed by atoms with van der Waals surface area (Å²) in [4.78, 5) is 0. The molecule has 14 heavy (non-hydrogen) atoms. The summed E-state index contributed by atoms with van der Waals surface area (Å²) in [5.41, 5.74) is 0. The zero-order valence-corrected chi connectivity index (χ0v) is 9.46. The second-order valence-electron chi connectivity index (χ2n) is 4.18. The fraction of sp³-hybridized carbons (Fsp3) is 1.00. The fourth-order valence-electron chi connectivity index (χ4n) is 2.04. The first kappa shape index (κ1) is 12.0. The molecule has 0 saturated heterocycles. The SMILES string of the molecule is COCCCOC1CCCCCCC1. The minimum Gasteiger partial charge on any atom is -0.385 e. The quantitative estimate of drug-likeness (QED) is 0.635. The Morgan fingerprint density at radius 1 is 0.929 bits per heavy atom. The average Bonchev–Trinajstić information content (AvgIpc) is 2.15. The highest BCUT2D eigenvalue weighted by atomic mass is 16.5. The Labute approximate surface area is 88.0 Å². The van der Waals surface area contributed by atoms with Crippen molar-refractivity contribution in [2.45, 2.75) is 57.5 Å². The van der Waals surface area contributed by atoms with Gasteiger partial charge in [-0.25, -0.2) is 0 Å². The molecule has 1 fully saturated rings. The van der Waals surface area contributed by atoms with Gasteiger partial charge in [-0.1, -0.05) is 32.1 Å². The van der Waals surface area contributed by atoms with Gasteiger partial charge in [0.25, 0.3) is 0 Å². The third-order valence-corrected chi connectivity index (χ3v) is 2.90. The summed E-state index contributed by atoms with van der Waals surface area (Å²) < 4.78 is 10.8. The highest BCUT2D eigenvalue weighted by molar-refractivity contribution is 4.62. The summed E-state index contributed by atoms with van der Waals surface area (Å²) >= 11 is 0. The molecule has 0 atom stereocenters. The Balaban J connectivity index is 2.02. The van der Waals surface area contributed by atoms with E-state index in [0.29, 0.717) is 6.10 Å². The maximum atomic E-state index is 5.84. The molecule has 1 aliphatic carbocycles. The van der Waals surface area contributed by atoms with E-state index in [2.05, 4.69) is 0 Å². The molecular weight excluding hydrogens is 176 g/mol. The molecule has 0 bridgehead atoms. The standard InChI is InChI=1S/C12H24O2/c1-13-10-7-11-14-12-8-5-3-2-4-6-9-12/h12H,2-11H2,1H3. The Bertz CT molecular complexity index is 117. The predicted molar refractivity (Wildman–Crippen MR) is 58.6 cm³/mol. The van der Waals surface area contributed by atoms with Crippen LogP contribution in [0.2, 0.25) is 0 Å². The molecule has 0 N–H and O–H groups in total. The lowest BCUT2D eigenvalue weighted by molar-refractivity contribution is 0.0244. The van der Waals surface area contributed by atoms with Crippen LogP contribution in [0.25, 0.3) is 0 Å². The van der Waals surface area contributed by atoms with Crippen LogP contribution in [0, 0.1) is 0 Å². The van der Waals surface area contributed by atoms with Gasteiger partial charge in [0.2, 0.25) is 0 Å². The highest BCUT2D eigenvalue weighted by Crippen LogP contribution is 2.19. The molecule has 0 heterocycles. The lowest BCUT2D eigenvalue weighted by atomic mass is 9.99. The van der Waals surface area contributed by atoms with Crippen molar-refractivity contribution in [1.82, 2.24) is 0 Å². The Morgan fingerprint density at radius 3 is 2.21 bits per heavy atom. The van der Waals surface area contributed by atoms with Crippen LogP contribution in [-0.2, 0) is 9.47 Å². The molecule has 0 unspecified atom stereocenters. The molecule has 0 amide bonds. The topological polar surface area (TPSA) is 18.5 Å². The molecule has 2 nitrogen and oxygen atoms in total. The van der Waals surface area contributed by atoms with Crippen molar-refractivity contribution in [2.24, 2.45) is 0 Å². The van der Waals surface area contributed by atoms with Crippen LogP contribution in [0.15, 0.2) is 0 Å². The van der Waals surface area contributed by atoms with E-state index in [0.717, 1.165) is 19.6 Å². The van der Waals surface area contributed by atoms with Gasteiger partial charge in [-0.05, 0) is 19.3 Å². The molecule has 0 aromatic rings. The number of methoxy groups -OCH3 is 1. The van der Waals surface area contributed by atoms with Crippen LogP contribution in [0.1, 0.15) is 51.4 Å². The minimum atomic E-state index is 0.534. The van der Waals surface area contributed by atoms with Crippen LogP contribution >= 0.6 is 0 Å². The second kappa shape index (κ2) is 8.25. The fourth-order valence-corrected chi connectivity index (χ4v) is 2.04. The number of hydrogen-bond donors (Lipinski definition) is 0. The monoisotopic (exact) mass is 200 g/mol. The predicted octanol–water partition coefficient (Wildman–Crippen LogP) is 3.15. The van der Waals surface area contributed by atoms with Gasteiger partial charge in [-0.3, -0.25) is 0 Å². The van der Waals surface area contributed by atoms with E-state index in [1.807, 2.05) is 0 Å². The summed E-state index contributed by atoms with van der Waals surface area (Å²) in [5, 5.41) is 0. The number of hydrogen-bond acceptors (Lipinski definition) is 2. The third kappa shape index (κ3) is 5.61. The van der Waals surface area contributed by atoms with Crippen molar-refractivity contribution < 1.29 is 9.47 Å². The Hall–Kier alpha value is -0.0800. The van der Waals surface area contributed by atoms with E-state index in [1.165, 1.54) is 44.9 Å². The number of ether oxygens (including phenoxy) is 2. The van der Waals surface area contributed by atoms with Gasteiger partial charge < -0.3 is 9.47 Å². The van der Waals surface area contributed by atoms with Crippen LogP contribution in [-0.4, -0.2) is 26.4 Å². The van der Waals surface area contributed by atoms with Gasteiger partial charge >= 0.3 is 0 Å². The van der Waals surface area contributed by atoms with Crippen molar-refractivity contribution in [1.29, 1.82) is 0 Å². The van der Waals surface area contributed by atoms with E-state index >= 15 is 0 Å². The van der Waals surface area contributed by atoms with Crippen molar-refractivity contribution in [3.05, 3.63) is 0 Å². The van der Waals surface area contributed by atoms with Crippen molar-refractivity contribution in [3.63, 3.8) is 0 Å². The van der Waals surface area contributed by atoms with Crippen LogP contribution in [0.3, 0.4) is 0 Å². The molecule has 1 aliphatic rings. The molecule has 0 aromatic heterocycles. The van der Waals surface area contributed by atoms with Gasteiger partial charge in [0.15, 0.2) is 0 Å². The van der Waals surface area contributed by atoms with Gasteiger partial charge in [-0.2, -0.15) is 0 Å². The Kier molecular flexibility index (Phi) is 7.06. The molecule has 0 aromatic carbocycles. The zero-order valence-electron chi connectivity index (χ0n) is 9.46. The molecule has 0 aliphatic heterocycles. The first-order chi connectivity index (χ1) is 6.93. The van der Waals surface area contributed by atoms with Gasteiger partial charge in [0, 0.05) is 20.3 Å². The average molecular weight is 200 g/mol.